The maximum Gasteiger partial charge on any atom is 0.185 e. The Labute approximate surface area is 107 Å². The Balaban J connectivity index is 2.95. The van der Waals surface area contributed by atoms with Gasteiger partial charge < -0.3 is 4.74 Å². The summed E-state index contributed by atoms with van der Waals surface area (Å²) >= 11 is 6.02. The van der Waals surface area contributed by atoms with Crippen molar-refractivity contribution in [1.29, 1.82) is 0 Å². The van der Waals surface area contributed by atoms with Crippen LogP contribution in [0, 0.1) is 11.8 Å². The van der Waals surface area contributed by atoms with Gasteiger partial charge in [0.05, 0.1) is 24.4 Å². The molecule has 0 radical (unpaired) electrons. The third kappa shape index (κ3) is 3.30. The van der Waals surface area contributed by atoms with Crippen LogP contribution in [-0.2, 0) is 11.3 Å². The Morgan fingerprint density at radius 2 is 2.18 bits per heavy atom. The number of ether oxygens (including phenoxy) is 1. The fourth-order valence-electron chi connectivity index (χ4n) is 1.47. The Kier molecular flexibility index (Phi) is 5.15. The second kappa shape index (κ2) is 6.17. The highest BCUT2D eigenvalue weighted by molar-refractivity contribution is 6.33. The van der Waals surface area contributed by atoms with Crippen molar-refractivity contribution in [2.24, 2.45) is 11.8 Å². The van der Waals surface area contributed by atoms with E-state index in [4.69, 9.17) is 16.3 Å². The highest BCUT2D eigenvalue weighted by Crippen LogP contribution is 2.22. The summed E-state index contributed by atoms with van der Waals surface area (Å²) in [4.78, 5) is 12.3. The number of methoxy groups -OCH3 is 1. The van der Waals surface area contributed by atoms with Crippen molar-refractivity contribution in [3.05, 3.63) is 16.9 Å². The van der Waals surface area contributed by atoms with E-state index in [-0.39, 0.29) is 17.6 Å². The smallest absolute Gasteiger partial charge is 0.185 e. The van der Waals surface area contributed by atoms with E-state index in [1.165, 1.54) is 6.20 Å². The molecule has 0 saturated heterocycles. The van der Waals surface area contributed by atoms with E-state index in [0.717, 1.165) is 0 Å². The molecule has 1 atom stereocenters. The minimum Gasteiger partial charge on any atom is -0.383 e. The molecule has 4 nitrogen and oxygen atoms in total. The molecule has 0 aliphatic heterocycles. The topological polar surface area (TPSA) is 44.1 Å². The maximum absolute atomic E-state index is 12.3. The molecule has 1 heterocycles. The molecule has 0 fully saturated rings. The molecule has 0 N–H and O–H groups in total. The second-order valence-electron chi connectivity index (χ2n) is 4.45. The zero-order valence-corrected chi connectivity index (χ0v) is 11.5. The highest BCUT2D eigenvalue weighted by Gasteiger charge is 2.24. The number of ketones is 1. The molecule has 5 heteroatoms. The Morgan fingerprint density at radius 3 is 2.71 bits per heavy atom. The van der Waals surface area contributed by atoms with Crippen LogP contribution in [0.15, 0.2) is 6.20 Å². The van der Waals surface area contributed by atoms with Gasteiger partial charge in [-0.3, -0.25) is 9.48 Å². The van der Waals surface area contributed by atoms with Crippen LogP contribution in [0.3, 0.4) is 0 Å². The van der Waals surface area contributed by atoms with Crippen LogP contribution in [0.5, 0.6) is 0 Å². The lowest BCUT2D eigenvalue weighted by Gasteiger charge is -2.15. The van der Waals surface area contributed by atoms with Gasteiger partial charge in [0.15, 0.2) is 5.78 Å². The summed E-state index contributed by atoms with van der Waals surface area (Å²) < 4.78 is 6.60. The molecule has 0 aliphatic carbocycles. The number of nitrogens with zero attached hydrogens (tertiary/aromatic N) is 2. The van der Waals surface area contributed by atoms with E-state index in [2.05, 4.69) is 5.10 Å². The molecule has 0 aliphatic rings. The first kappa shape index (κ1) is 14.2. The van der Waals surface area contributed by atoms with Crippen molar-refractivity contribution in [2.75, 3.05) is 13.7 Å². The highest BCUT2D eigenvalue weighted by atomic mass is 35.5. The Hall–Kier alpha value is -0.870. The van der Waals surface area contributed by atoms with Gasteiger partial charge in [0, 0.05) is 13.0 Å². The largest absolute Gasteiger partial charge is 0.383 e. The average molecular weight is 259 g/mol. The van der Waals surface area contributed by atoms with Gasteiger partial charge in [-0.25, -0.2) is 0 Å². The van der Waals surface area contributed by atoms with E-state index in [9.17, 15) is 4.79 Å². The second-order valence-corrected chi connectivity index (χ2v) is 4.86. The quantitative estimate of drug-likeness (QED) is 0.737. The number of aromatic nitrogens is 2. The normalized spacial score (nSPS) is 13.1. The van der Waals surface area contributed by atoms with Gasteiger partial charge in [-0.2, -0.15) is 5.10 Å². The number of rotatable bonds is 6. The number of halogens is 1. The minimum atomic E-state index is -0.0644. The molecule has 0 bridgehead atoms. The maximum atomic E-state index is 12.3. The molecule has 1 rings (SSSR count). The van der Waals surface area contributed by atoms with Crippen LogP contribution in [0.2, 0.25) is 5.02 Å². The van der Waals surface area contributed by atoms with Crippen molar-refractivity contribution >= 4 is 17.4 Å². The van der Waals surface area contributed by atoms with Crippen molar-refractivity contribution in [3.63, 3.8) is 0 Å². The fourth-order valence-corrected chi connectivity index (χ4v) is 1.71. The lowest BCUT2D eigenvalue weighted by Crippen LogP contribution is -2.22. The van der Waals surface area contributed by atoms with Crippen molar-refractivity contribution in [2.45, 2.75) is 27.3 Å². The number of hydrogen-bond donors (Lipinski definition) is 0. The lowest BCUT2D eigenvalue weighted by atomic mass is 9.92. The molecule has 1 aromatic rings. The van der Waals surface area contributed by atoms with E-state index in [0.29, 0.717) is 23.9 Å². The standard InChI is InChI=1S/C12H19ClN2O2/c1-8(2)9(3)12(16)11-10(13)7-14-15(11)5-6-17-4/h7-9H,5-6H2,1-4H3. The minimum absolute atomic E-state index is 0.0404. The molecular weight excluding hydrogens is 240 g/mol. The first-order chi connectivity index (χ1) is 7.99. The number of carbonyl (C=O) groups excluding carboxylic acids is 1. The molecule has 1 aromatic heterocycles. The summed E-state index contributed by atoms with van der Waals surface area (Å²) in [6.07, 6.45) is 1.51. The molecular formula is C12H19ClN2O2. The summed E-state index contributed by atoms with van der Waals surface area (Å²) in [5.74, 6) is 0.258. The monoisotopic (exact) mass is 258 g/mol. The van der Waals surface area contributed by atoms with E-state index >= 15 is 0 Å². The van der Waals surface area contributed by atoms with Gasteiger partial charge in [0.25, 0.3) is 0 Å². The van der Waals surface area contributed by atoms with Crippen LogP contribution in [0.1, 0.15) is 31.3 Å². The Bertz CT molecular complexity index is 388. The van der Waals surface area contributed by atoms with Gasteiger partial charge in [0.2, 0.25) is 0 Å². The molecule has 0 amide bonds. The third-order valence-corrected chi connectivity index (χ3v) is 3.23. The van der Waals surface area contributed by atoms with Crippen LogP contribution >= 0.6 is 11.6 Å². The molecule has 0 saturated carbocycles. The number of carbonyl (C=O) groups is 1. The SMILES string of the molecule is COCCn1ncc(Cl)c1C(=O)C(C)C(C)C. The number of Topliss-reactive ketones (excluding diaryl/α,β-unsaturated/α-hetero) is 1. The first-order valence-electron chi connectivity index (χ1n) is 5.73. The van der Waals surface area contributed by atoms with Crippen molar-refractivity contribution in [3.8, 4) is 0 Å². The first-order valence-corrected chi connectivity index (χ1v) is 6.11. The Morgan fingerprint density at radius 1 is 1.53 bits per heavy atom. The predicted molar refractivity (Wildman–Crippen MR) is 67.4 cm³/mol. The van der Waals surface area contributed by atoms with Crippen molar-refractivity contribution in [1.82, 2.24) is 9.78 Å². The van der Waals surface area contributed by atoms with Gasteiger partial charge in [-0.1, -0.05) is 32.4 Å². The molecule has 17 heavy (non-hydrogen) atoms. The van der Waals surface area contributed by atoms with Crippen molar-refractivity contribution < 1.29 is 9.53 Å². The molecule has 1 unspecified atom stereocenters. The third-order valence-electron chi connectivity index (χ3n) is 2.95. The van der Waals surface area contributed by atoms with Crippen LogP contribution in [-0.4, -0.2) is 29.3 Å². The fraction of sp³-hybridized carbons (Fsp3) is 0.667. The summed E-state index contributed by atoms with van der Waals surface area (Å²) in [6.45, 7) is 7.00. The van der Waals surface area contributed by atoms with Gasteiger partial charge in [-0.15, -0.1) is 0 Å². The van der Waals surface area contributed by atoms with E-state index < -0.39 is 0 Å². The summed E-state index contributed by atoms with van der Waals surface area (Å²) in [7, 11) is 1.61. The van der Waals surface area contributed by atoms with E-state index in [1.807, 2.05) is 20.8 Å². The summed E-state index contributed by atoms with van der Waals surface area (Å²) in [5, 5.41) is 4.52. The zero-order chi connectivity index (χ0) is 13.0. The predicted octanol–water partition coefficient (Wildman–Crippen LogP) is 2.66. The summed E-state index contributed by atoms with van der Waals surface area (Å²) in [6, 6.07) is 0. The van der Waals surface area contributed by atoms with Crippen LogP contribution in [0.25, 0.3) is 0 Å². The van der Waals surface area contributed by atoms with Crippen LogP contribution in [0.4, 0.5) is 0 Å². The van der Waals surface area contributed by atoms with Gasteiger partial charge in [0.1, 0.15) is 5.69 Å². The lowest BCUT2D eigenvalue weighted by molar-refractivity contribution is 0.0885. The molecule has 0 aromatic carbocycles. The summed E-state index contributed by atoms with van der Waals surface area (Å²) in [5.41, 5.74) is 0.491. The van der Waals surface area contributed by atoms with Crippen LogP contribution < -0.4 is 0 Å². The zero-order valence-electron chi connectivity index (χ0n) is 10.7. The van der Waals surface area contributed by atoms with Gasteiger partial charge in [-0.05, 0) is 5.92 Å². The number of hydrogen-bond acceptors (Lipinski definition) is 3. The molecule has 96 valence electrons. The molecule has 0 spiro atoms. The van der Waals surface area contributed by atoms with E-state index in [1.54, 1.807) is 11.8 Å². The average Bonchev–Trinajstić information content (AvgIpc) is 2.65. The van der Waals surface area contributed by atoms with Gasteiger partial charge >= 0.3 is 0 Å².